The standard InChI is InChI=1S/C23H21NO4/c25-19(14-4-2-1-3-5-14)13-28-18-10-8-17(9-11-18)24-22(26)20-15-6-7-16(12-15)21(20)23(24)27/h1-5,8-11,15-16,20-21H,6-7,12-13H2/t15-,16+,20-,21+. The third-order valence-electron chi connectivity index (χ3n) is 6.49. The van der Waals surface area contributed by atoms with E-state index in [9.17, 15) is 14.4 Å². The van der Waals surface area contributed by atoms with Crippen LogP contribution in [0.5, 0.6) is 5.75 Å². The monoisotopic (exact) mass is 375 g/mol. The maximum atomic E-state index is 12.9. The van der Waals surface area contributed by atoms with E-state index in [1.165, 1.54) is 4.90 Å². The summed E-state index contributed by atoms with van der Waals surface area (Å²) < 4.78 is 5.57. The number of ketones is 1. The van der Waals surface area contributed by atoms with Crippen LogP contribution < -0.4 is 9.64 Å². The summed E-state index contributed by atoms with van der Waals surface area (Å²) in [5.41, 5.74) is 1.19. The summed E-state index contributed by atoms with van der Waals surface area (Å²) in [4.78, 5) is 39.2. The lowest BCUT2D eigenvalue weighted by atomic mass is 9.81. The van der Waals surface area contributed by atoms with E-state index in [2.05, 4.69) is 0 Å². The molecule has 3 aliphatic rings. The molecule has 5 rings (SSSR count). The largest absolute Gasteiger partial charge is 0.485 e. The highest BCUT2D eigenvalue weighted by molar-refractivity contribution is 6.22. The van der Waals surface area contributed by atoms with Gasteiger partial charge in [0.25, 0.3) is 0 Å². The van der Waals surface area contributed by atoms with E-state index in [0.29, 0.717) is 28.8 Å². The van der Waals surface area contributed by atoms with E-state index in [1.807, 2.05) is 18.2 Å². The first kappa shape index (κ1) is 17.2. The lowest BCUT2D eigenvalue weighted by molar-refractivity contribution is -0.123. The highest BCUT2D eigenvalue weighted by Crippen LogP contribution is 2.56. The lowest BCUT2D eigenvalue weighted by Crippen LogP contribution is -2.32. The van der Waals surface area contributed by atoms with E-state index in [-0.39, 0.29) is 36.0 Å². The topological polar surface area (TPSA) is 63.7 Å². The Bertz CT molecular complexity index is 909. The van der Waals surface area contributed by atoms with Crippen molar-refractivity contribution >= 4 is 23.3 Å². The number of carbonyl (C=O) groups excluding carboxylic acids is 3. The van der Waals surface area contributed by atoms with Gasteiger partial charge in [-0.2, -0.15) is 0 Å². The molecule has 0 radical (unpaired) electrons. The molecule has 0 unspecified atom stereocenters. The molecule has 4 atom stereocenters. The third-order valence-corrected chi connectivity index (χ3v) is 6.49. The van der Waals surface area contributed by atoms with Gasteiger partial charge >= 0.3 is 0 Å². The smallest absolute Gasteiger partial charge is 0.237 e. The number of fused-ring (bicyclic) bond motifs is 5. The van der Waals surface area contributed by atoms with Gasteiger partial charge in [0.2, 0.25) is 11.8 Å². The Morgan fingerprint density at radius 2 is 1.50 bits per heavy atom. The zero-order valence-corrected chi connectivity index (χ0v) is 15.4. The number of nitrogens with zero attached hydrogens (tertiary/aromatic N) is 1. The first-order valence-corrected chi connectivity index (χ1v) is 9.82. The molecule has 2 aliphatic carbocycles. The number of carbonyl (C=O) groups is 3. The Morgan fingerprint density at radius 1 is 0.893 bits per heavy atom. The molecule has 2 bridgehead atoms. The molecule has 1 saturated heterocycles. The lowest BCUT2D eigenvalue weighted by Gasteiger charge is -2.19. The number of ether oxygens (including phenoxy) is 1. The fourth-order valence-electron chi connectivity index (χ4n) is 5.21. The fourth-order valence-corrected chi connectivity index (χ4v) is 5.21. The first-order chi connectivity index (χ1) is 13.6. The van der Waals surface area contributed by atoms with E-state index in [0.717, 1.165) is 19.3 Å². The summed E-state index contributed by atoms with van der Waals surface area (Å²) in [6.45, 7) is -0.0571. The normalized spacial score (nSPS) is 27.9. The van der Waals surface area contributed by atoms with Gasteiger partial charge in [-0.25, -0.2) is 0 Å². The van der Waals surface area contributed by atoms with Crippen LogP contribution in [0.1, 0.15) is 29.6 Å². The summed E-state index contributed by atoms with van der Waals surface area (Å²) in [6.07, 6.45) is 3.17. The average Bonchev–Trinajstić information content (AvgIpc) is 3.41. The van der Waals surface area contributed by atoms with Gasteiger partial charge in [-0.15, -0.1) is 0 Å². The van der Waals surface area contributed by atoms with Gasteiger partial charge in [-0.3, -0.25) is 19.3 Å². The Balaban J connectivity index is 1.27. The van der Waals surface area contributed by atoms with E-state index >= 15 is 0 Å². The molecular formula is C23H21NO4. The average molecular weight is 375 g/mol. The predicted molar refractivity (Wildman–Crippen MR) is 103 cm³/mol. The molecule has 0 spiro atoms. The van der Waals surface area contributed by atoms with E-state index in [1.54, 1.807) is 36.4 Å². The summed E-state index contributed by atoms with van der Waals surface area (Å²) >= 11 is 0. The molecule has 142 valence electrons. The van der Waals surface area contributed by atoms with Gasteiger partial charge in [0.15, 0.2) is 12.4 Å². The molecule has 5 heteroatoms. The molecule has 2 aromatic rings. The zero-order chi connectivity index (χ0) is 19.3. The molecular weight excluding hydrogens is 354 g/mol. The van der Waals surface area contributed by atoms with Crippen molar-refractivity contribution in [1.82, 2.24) is 0 Å². The third kappa shape index (κ3) is 2.65. The minimum atomic E-state index is -0.120. The zero-order valence-electron chi connectivity index (χ0n) is 15.4. The molecule has 5 nitrogen and oxygen atoms in total. The summed E-state index contributed by atoms with van der Waals surface area (Å²) in [5, 5.41) is 0. The van der Waals surface area contributed by atoms with Crippen LogP contribution >= 0.6 is 0 Å². The number of Topliss-reactive ketones (excluding diaryl/α,β-unsaturated/α-hetero) is 1. The number of imide groups is 1. The summed E-state index contributed by atoms with van der Waals surface area (Å²) in [7, 11) is 0. The van der Waals surface area contributed by atoms with Crippen LogP contribution in [0.25, 0.3) is 0 Å². The Labute approximate surface area is 163 Å². The SMILES string of the molecule is O=C(COc1ccc(N2C(=O)[C@@H]3[C@@H]4CC[C@@H](C4)[C@@H]3C2=O)cc1)c1ccccc1. The maximum absolute atomic E-state index is 12.9. The van der Waals surface area contributed by atoms with Crippen molar-refractivity contribution < 1.29 is 19.1 Å². The quantitative estimate of drug-likeness (QED) is 0.593. The Morgan fingerprint density at radius 3 is 2.11 bits per heavy atom. The number of amides is 2. The fraction of sp³-hybridized carbons (Fsp3) is 0.348. The second-order valence-electron chi connectivity index (χ2n) is 7.97. The minimum Gasteiger partial charge on any atom is -0.485 e. The van der Waals surface area contributed by atoms with Crippen LogP contribution in [0.4, 0.5) is 5.69 Å². The van der Waals surface area contributed by atoms with Gasteiger partial charge in [0.1, 0.15) is 5.75 Å². The second-order valence-corrected chi connectivity index (χ2v) is 7.97. The molecule has 28 heavy (non-hydrogen) atoms. The summed E-state index contributed by atoms with van der Waals surface area (Å²) in [6, 6.07) is 15.8. The van der Waals surface area contributed by atoms with Crippen LogP contribution in [-0.4, -0.2) is 24.2 Å². The maximum Gasteiger partial charge on any atom is 0.237 e. The van der Waals surface area contributed by atoms with Crippen LogP contribution in [0.2, 0.25) is 0 Å². The van der Waals surface area contributed by atoms with E-state index < -0.39 is 0 Å². The molecule has 2 amide bonds. The Kier molecular flexibility index (Phi) is 4.04. The molecule has 0 N–H and O–H groups in total. The highest BCUT2D eigenvalue weighted by Gasteiger charge is 2.61. The van der Waals surface area contributed by atoms with Gasteiger partial charge < -0.3 is 4.74 Å². The van der Waals surface area contributed by atoms with Crippen molar-refractivity contribution in [3.63, 3.8) is 0 Å². The van der Waals surface area contributed by atoms with Crippen LogP contribution in [0.3, 0.4) is 0 Å². The van der Waals surface area contributed by atoms with E-state index in [4.69, 9.17) is 4.74 Å². The van der Waals surface area contributed by atoms with Crippen molar-refractivity contribution in [3.05, 3.63) is 60.2 Å². The van der Waals surface area contributed by atoms with Crippen molar-refractivity contribution in [2.75, 3.05) is 11.5 Å². The number of anilines is 1. The van der Waals surface area contributed by atoms with Crippen molar-refractivity contribution in [3.8, 4) is 5.75 Å². The molecule has 1 aliphatic heterocycles. The van der Waals surface area contributed by atoms with Crippen LogP contribution in [0, 0.1) is 23.7 Å². The molecule has 2 saturated carbocycles. The Hall–Kier alpha value is -2.95. The second kappa shape index (κ2) is 6.59. The first-order valence-electron chi connectivity index (χ1n) is 9.82. The van der Waals surface area contributed by atoms with Crippen molar-refractivity contribution in [2.24, 2.45) is 23.7 Å². The number of benzene rings is 2. The number of hydrogen-bond acceptors (Lipinski definition) is 4. The highest BCUT2D eigenvalue weighted by atomic mass is 16.5. The van der Waals surface area contributed by atoms with Gasteiger partial charge in [-0.1, -0.05) is 30.3 Å². The van der Waals surface area contributed by atoms with Gasteiger partial charge in [0.05, 0.1) is 17.5 Å². The van der Waals surface area contributed by atoms with Crippen molar-refractivity contribution in [2.45, 2.75) is 19.3 Å². The summed E-state index contributed by atoms with van der Waals surface area (Å²) in [5.74, 6) is 0.859. The molecule has 2 aromatic carbocycles. The van der Waals surface area contributed by atoms with Crippen LogP contribution in [-0.2, 0) is 9.59 Å². The molecule has 0 aromatic heterocycles. The molecule has 1 heterocycles. The van der Waals surface area contributed by atoms with Crippen molar-refractivity contribution in [1.29, 1.82) is 0 Å². The van der Waals surface area contributed by atoms with Crippen LogP contribution in [0.15, 0.2) is 54.6 Å². The molecule has 3 fully saturated rings. The van der Waals surface area contributed by atoms with Gasteiger partial charge in [-0.05, 0) is 55.4 Å². The minimum absolute atomic E-state index is 0.0462. The number of hydrogen-bond donors (Lipinski definition) is 0. The predicted octanol–water partition coefficient (Wildman–Crippen LogP) is 3.48. The van der Waals surface area contributed by atoms with Gasteiger partial charge in [0, 0.05) is 5.56 Å². The number of rotatable bonds is 5.